The molecule has 20 heavy (non-hydrogen) atoms. The van der Waals surface area contributed by atoms with E-state index in [4.69, 9.17) is 0 Å². The molecule has 0 saturated carbocycles. The van der Waals surface area contributed by atoms with Gasteiger partial charge in [0.25, 0.3) is 0 Å². The molecule has 1 aromatic heterocycles. The van der Waals surface area contributed by atoms with Crippen LogP contribution in [0.2, 0.25) is 0 Å². The van der Waals surface area contributed by atoms with Crippen molar-refractivity contribution in [2.24, 2.45) is 0 Å². The SMILES string of the molecule is O=c1[nH]c(-c2ccc(Br)cc2)c(-c2ccc(Br)cc2)[nH]1. The summed E-state index contributed by atoms with van der Waals surface area (Å²) >= 11 is 6.82. The fourth-order valence-electron chi connectivity index (χ4n) is 2.05. The Morgan fingerprint density at radius 2 is 1.00 bits per heavy atom. The van der Waals surface area contributed by atoms with Crippen LogP contribution in [0.1, 0.15) is 0 Å². The van der Waals surface area contributed by atoms with Crippen LogP contribution in [0.3, 0.4) is 0 Å². The maximum atomic E-state index is 11.7. The Morgan fingerprint density at radius 3 is 1.35 bits per heavy atom. The average molecular weight is 394 g/mol. The predicted octanol–water partition coefficient (Wildman–Crippen LogP) is 4.56. The summed E-state index contributed by atoms with van der Waals surface area (Å²) in [5.41, 5.74) is 3.31. The maximum absolute atomic E-state index is 11.7. The first-order chi connectivity index (χ1) is 9.63. The van der Waals surface area contributed by atoms with E-state index in [1.54, 1.807) is 0 Å². The van der Waals surface area contributed by atoms with E-state index in [9.17, 15) is 4.79 Å². The van der Waals surface area contributed by atoms with E-state index in [0.717, 1.165) is 31.5 Å². The van der Waals surface area contributed by atoms with Crippen molar-refractivity contribution in [1.29, 1.82) is 0 Å². The zero-order chi connectivity index (χ0) is 14.1. The van der Waals surface area contributed by atoms with Crippen molar-refractivity contribution in [2.75, 3.05) is 0 Å². The third-order valence-corrected chi connectivity index (χ3v) is 4.05. The van der Waals surface area contributed by atoms with Gasteiger partial charge < -0.3 is 9.97 Å². The zero-order valence-electron chi connectivity index (χ0n) is 10.3. The number of H-pyrrole nitrogens is 2. The molecule has 0 amide bonds. The van der Waals surface area contributed by atoms with E-state index < -0.39 is 0 Å². The normalized spacial score (nSPS) is 10.7. The highest BCUT2D eigenvalue weighted by molar-refractivity contribution is 9.10. The number of aromatic amines is 2. The maximum Gasteiger partial charge on any atom is 0.323 e. The van der Waals surface area contributed by atoms with Crippen LogP contribution in [0, 0.1) is 0 Å². The van der Waals surface area contributed by atoms with Crippen molar-refractivity contribution < 1.29 is 0 Å². The Kier molecular flexibility index (Phi) is 3.63. The highest BCUT2D eigenvalue weighted by Gasteiger charge is 2.11. The second-order valence-corrected chi connectivity index (χ2v) is 6.17. The summed E-state index contributed by atoms with van der Waals surface area (Å²) in [6, 6.07) is 15.7. The number of halogens is 2. The molecule has 0 saturated heterocycles. The van der Waals surface area contributed by atoms with Crippen LogP contribution in [0.15, 0.2) is 62.3 Å². The smallest absolute Gasteiger partial charge is 0.305 e. The molecule has 0 atom stereocenters. The van der Waals surface area contributed by atoms with Gasteiger partial charge in [-0.15, -0.1) is 0 Å². The third kappa shape index (κ3) is 2.64. The predicted molar refractivity (Wildman–Crippen MR) is 87.7 cm³/mol. The summed E-state index contributed by atoms with van der Waals surface area (Å²) in [6.45, 7) is 0. The van der Waals surface area contributed by atoms with Gasteiger partial charge in [-0.1, -0.05) is 56.1 Å². The summed E-state index contributed by atoms with van der Waals surface area (Å²) in [4.78, 5) is 17.4. The van der Waals surface area contributed by atoms with Gasteiger partial charge in [0.2, 0.25) is 0 Å². The van der Waals surface area contributed by atoms with Crippen LogP contribution in [-0.4, -0.2) is 9.97 Å². The van der Waals surface area contributed by atoms with Crippen molar-refractivity contribution in [1.82, 2.24) is 9.97 Å². The first-order valence-corrected chi connectivity index (χ1v) is 7.56. The highest BCUT2D eigenvalue weighted by atomic mass is 79.9. The average Bonchev–Trinajstić information content (AvgIpc) is 2.82. The molecule has 0 aliphatic rings. The molecule has 5 heteroatoms. The van der Waals surface area contributed by atoms with Crippen LogP contribution in [0.5, 0.6) is 0 Å². The molecule has 0 fully saturated rings. The molecule has 3 aromatic rings. The van der Waals surface area contributed by atoms with Gasteiger partial charge in [0.15, 0.2) is 0 Å². The first kappa shape index (κ1) is 13.4. The standard InChI is InChI=1S/C15H10Br2N2O/c16-11-5-1-9(2-6-11)13-14(19-15(20)18-13)10-3-7-12(17)8-4-10/h1-8H,(H2,18,19,20). The number of hydrogen-bond acceptors (Lipinski definition) is 1. The number of aromatic nitrogens is 2. The minimum absolute atomic E-state index is 0.208. The van der Waals surface area contributed by atoms with Crippen molar-refractivity contribution in [3.63, 3.8) is 0 Å². The molecule has 0 aliphatic carbocycles. The number of hydrogen-bond donors (Lipinski definition) is 2. The summed E-state index contributed by atoms with van der Waals surface area (Å²) in [7, 11) is 0. The molecule has 0 bridgehead atoms. The van der Waals surface area contributed by atoms with E-state index in [1.165, 1.54) is 0 Å². The number of nitrogens with one attached hydrogen (secondary N) is 2. The Bertz CT molecular complexity index is 720. The molecule has 0 spiro atoms. The highest BCUT2D eigenvalue weighted by Crippen LogP contribution is 2.29. The molecule has 0 aliphatic heterocycles. The van der Waals surface area contributed by atoms with Crippen molar-refractivity contribution >= 4 is 31.9 Å². The van der Waals surface area contributed by atoms with Gasteiger partial charge in [-0.25, -0.2) is 4.79 Å². The monoisotopic (exact) mass is 392 g/mol. The topological polar surface area (TPSA) is 48.6 Å². The number of rotatable bonds is 2. The molecular weight excluding hydrogens is 384 g/mol. The quantitative estimate of drug-likeness (QED) is 0.658. The van der Waals surface area contributed by atoms with Crippen LogP contribution in [0.4, 0.5) is 0 Å². The van der Waals surface area contributed by atoms with Crippen molar-refractivity contribution in [2.45, 2.75) is 0 Å². The fraction of sp³-hybridized carbons (Fsp3) is 0. The van der Waals surface area contributed by atoms with Crippen LogP contribution in [0.25, 0.3) is 22.5 Å². The van der Waals surface area contributed by atoms with Crippen LogP contribution in [-0.2, 0) is 0 Å². The molecule has 2 N–H and O–H groups in total. The number of imidazole rings is 1. The Morgan fingerprint density at radius 1 is 0.650 bits per heavy atom. The molecule has 3 rings (SSSR count). The zero-order valence-corrected chi connectivity index (χ0v) is 13.5. The summed E-state index contributed by atoms with van der Waals surface area (Å²) in [5.74, 6) is 0. The van der Waals surface area contributed by atoms with Gasteiger partial charge in [0, 0.05) is 20.1 Å². The lowest BCUT2D eigenvalue weighted by molar-refractivity contribution is 1.19. The van der Waals surface area contributed by atoms with E-state index in [0.29, 0.717) is 0 Å². The Balaban J connectivity index is 2.15. The van der Waals surface area contributed by atoms with Crippen molar-refractivity contribution in [3.05, 3.63) is 68.0 Å². The second-order valence-electron chi connectivity index (χ2n) is 4.34. The van der Waals surface area contributed by atoms with Gasteiger partial charge in [-0.05, 0) is 24.3 Å². The molecule has 0 radical (unpaired) electrons. The molecule has 0 unspecified atom stereocenters. The van der Waals surface area contributed by atoms with Gasteiger partial charge >= 0.3 is 5.69 Å². The van der Waals surface area contributed by atoms with Crippen molar-refractivity contribution in [3.8, 4) is 22.5 Å². The van der Waals surface area contributed by atoms with Crippen LogP contribution < -0.4 is 5.69 Å². The van der Waals surface area contributed by atoms with E-state index in [2.05, 4.69) is 41.8 Å². The lowest BCUT2D eigenvalue weighted by atomic mass is 10.1. The molecule has 100 valence electrons. The molecule has 3 nitrogen and oxygen atoms in total. The minimum atomic E-state index is -0.208. The second kappa shape index (κ2) is 5.42. The summed E-state index contributed by atoms with van der Waals surface area (Å²) in [5, 5.41) is 0. The van der Waals surface area contributed by atoms with E-state index in [1.807, 2.05) is 48.5 Å². The van der Waals surface area contributed by atoms with Gasteiger partial charge in [-0.3, -0.25) is 0 Å². The lowest BCUT2D eigenvalue weighted by Crippen LogP contribution is -2.00. The van der Waals surface area contributed by atoms with E-state index >= 15 is 0 Å². The number of benzene rings is 2. The molecule has 1 heterocycles. The molecule has 2 aromatic carbocycles. The molecular formula is C15H10Br2N2O. The summed E-state index contributed by atoms with van der Waals surface area (Å²) in [6.07, 6.45) is 0. The summed E-state index contributed by atoms with van der Waals surface area (Å²) < 4.78 is 2.01. The lowest BCUT2D eigenvalue weighted by Gasteiger charge is -2.04. The van der Waals surface area contributed by atoms with E-state index in [-0.39, 0.29) is 5.69 Å². The Labute approximate surface area is 132 Å². The van der Waals surface area contributed by atoms with Gasteiger partial charge in [0.1, 0.15) is 0 Å². The Hall–Kier alpha value is -1.59. The largest absolute Gasteiger partial charge is 0.323 e. The fourth-order valence-corrected chi connectivity index (χ4v) is 2.58. The first-order valence-electron chi connectivity index (χ1n) is 5.97. The van der Waals surface area contributed by atoms with Gasteiger partial charge in [0.05, 0.1) is 11.4 Å². The van der Waals surface area contributed by atoms with Crippen LogP contribution >= 0.6 is 31.9 Å². The third-order valence-electron chi connectivity index (χ3n) is 2.99. The van der Waals surface area contributed by atoms with Gasteiger partial charge in [-0.2, -0.15) is 0 Å². The minimum Gasteiger partial charge on any atom is -0.305 e.